The van der Waals surface area contributed by atoms with E-state index in [1.165, 1.54) is 22.5 Å². The summed E-state index contributed by atoms with van der Waals surface area (Å²) in [5.41, 5.74) is 0.0595. The van der Waals surface area contributed by atoms with Crippen LogP contribution in [0.2, 0.25) is 0 Å². The highest BCUT2D eigenvalue weighted by molar-refractivity contribution is 7.89. The summed E-state index contributed by atoms with van der Waals surface area (Å²) in [6.07, 6.45) is 0.610. The Kier molecular flexibility index (Phi) is 8.49. The Balaban J connectivity index is 1.92. The summed E-state index contributed by atoms with van der Waals surface area (Å²) in [7, 11) is -2.11. The van der Waals surface area contributed by atoms with Crippen molar-refractivity contribution in [2.75, 3.05) is 32.1 Å². The predicted molar refractivity (Wildman–Crippen MR) is 115 cm³/mol. The molecule has 30 heavy (non-hydrogen) atoms. The van der Waals surface area contributed by atoms with Crippen molar-refractivity contribution >= 4 is 21.6 Å². The molecule has 1 amide bonds. The maximum atomic E-state index is 12.6. The highest BCUT2D eigenvalue weighted by Gasteiger charge is 2.23. The Bertz CT molecular complexity index is 940. The summed E-state index contributed by atoms with van der Waals surface area (Å²) in [6, 6.07) is 11.0. The average Bonchev–Trinajstić information content (AvgIpc) is 2.73. The van der Waals surface area contributed by atoms with Crippen LogP contribution in [0, 0.1) is 0 Å². The molecule has 0 aromatic heterocycles. The molecule has 0 fully saturated rings. The van der Waals surface area contributed by atoms with Crippen LogP contribution in [0.3, 0.4) is 0 Å². The summed E-state index contributed by atoms with van der Waals surface area (Å²) in [4.78, 5) is 12.2. The van der Waals surface area contributed by atoms with Gasteiger partial charge in [-0.1, -0.05) is 13.8 Å². The second-order valence-corrected chi connectivity index (χ2v) is 8.38. The van der Waals surface area contributed by atoms with Gasteiger partial charge in [0.05, 0.1) is 24.3 Å². The van der Waals surface area contributed by atoms with E-state index in [4.69, 9.17) is 9.47 Å². The van der Waals surface area contributed by atoms with E-state index in [0.29, 0.717) is 31.9 Å². The van der Waals surface area contributed by atoms with Crippen molar-refractivity contribution in [3.63, 3.8) is 0 Å². The molecule has 0 spiro atoms. The van der Waals surface area contributed by atoms with Gasteiger partial charge in [0.1, 0.15) is 17.2 Å². The van der Waals surface area contributed by atoms with Crippen LogP contribution in [0.15, 0.2) is 47.4 Å². The molecule has 2 aromatic rings. The van der Waals surface area contributed by atoms with E-state index in [-0.39, 0.29) is 28.7 Å². The van der Waals surface area contributed by atoms with E-state index in [1.54, 1.807) is 45.2 Å². The van der Waals surface area contributed by atoms with Crippen molar-refractivity contribution < 1.29 is 27.8 Å². The first-order valence-corrected chi connectivity index (χ1v) is 11.2. The average molecular weight is 437 g/mol. The van der Waals surface area contributed by atoms with Crippen LogP contribution in [-0.4, -0.2) is 50.5 Å². The third kappa shape index (κ3) is 6.11. The van der Waals surface area contributed by atoms with Gasteiger partial charge in [-0.15, -0.1) is 0 Å². The van der Waals surface area contributed by atoms with E-state index in [1.807, 2.05) is 0 Å². The molecule has 0 unspecified atom stereocenters. The standard InChI is InChI=1S/C21H28N2O6S/c1-4-23(5-2)30(26,27)18-12-13-20(24)19(15-18)22-21(25)7-6-14-29-17-10-8-16(28-3)9-11-17/h8-13,15,24H,4-7,14H2,1-3H3,(H,22,25). The minimum atomic E-state index is -3.69. The Morgan fingerprint density at radius 2 is 1.70 bits per heavy atom. The number of nitrogens with one attached hydrogen (secondary N) is 1. The first-order chi connectivity index (χ1) is 14.3. The quantitative estimate of drug-likeness (QED) is 0.414. The highest BCUT2D eigenvalue weighted by atomic mass is 32.2. The Labute approximate surface area is 177 Å². The van der Waals surface area contributed by atoms with Gasteiger partial charge in [0.2, 0.25) is 15.9 Å². The zero-order valence-corrected chi connectivity index (χ0v) is 18.2. The number of carbonyl (C=O) groups is 1. The lowest BCUT2D eigenvalue weighted by molar-refractivity contribution is -0.116. The number of nitrogens with zero attached hydrogens (tertiary/aromatic N) is 1. The minimum absolute atomic E-state index is 0.0159. The number of hydrogen-bond donors (Lipinski definition) is 2. The van der Waals surface area contributed by atoms with Crippen molar-refractivity contribution in [1.82, 2.24) is 4.31 Å². The Morgan fingerprint density at radius 3 is 2.30 bits per heavy atom. The van der Waals surface area contributed by atoms with E-state index < -0.39 is 10.0 Å². The molecular weight excluding hydrogens is 408 g/mol. The number of sulfonamides is 1. The fourth-order valence-corrected chi connectivity index (χ4v) is 4.28. The topological polar surface area (TPSA) is 105 Å². The summed E-state index contributed by atoms with van der Waals surface area (Å²) in [5, 5.41) is 12.6. The van der Waals surface area contributed by atoms with Gasteiger partial charge in [0.25, 0.3) is 0 Å². The van der Waals surface area contributed by atoms with Gasteiger partial charge in [0.15, 0.2) is 0 Å². The lowest BCUT2D eigenvalue weighted by Gasteiger charge is -2.19. The molecule has 0 bridgehead atoms. The lowest BCUT2D eigenvalue weighted by atomic mass is 10.2. The largest absolute Gasteiger partial charge is 0.506 e. The number of carbonyl (C=O) groups excluding carboxylic acids is 1. The number of benzene rings is 2. The number of amides is 1. The van der Waals surface area contributed by atoms with Gasteiger partial charge < -0.3 is 19.9 Å². The van der Waals surface area contributed by atoms with E-state index in [0.717, 1.165) is 5.75 Å². The second kappa shape index (κ2) is 10.8. The predicted octanol–water partition coefficient (Wildman–Crippen LogP) is 3.23. The minimum Gasteiger partial charge on any atom is -0.506 e. The highest BCUT2D eigenvalue weighted by Crippen LogP contribution is 2.28. The molecule has 0 radical (unpaired) electrons. The van der Waals surface area contributed by atoms with Crippen LogP contribution in [0.25, 0.3) is 0 Å². The first kappa shape index (κ1) is 23.5. The maximum absolute atomic E-state index is 12.6. The number of methoxy groups -OCH3 is 1. The summed E-state index contributed by atoms with van der Waals surface area (Å²) < 4.78 is 37.2. The number of aromatic hydroxyl groups is 1. The van der Waals surface area contributed by atoms with Crippen LogP contribution in [-0.2, 0) is 14.8 Å². The third-order valence-corrected chi connectivity index (χ3v) is 6.51. The summed E-state index contributed by atoms with van der Waals surface area (Å²) in [6.45, 7) is 4.49. The molecule has 9 heteroatoms. The fourth-order valence-electron chi connectivity index (χ4n) is 2.80. The van der Waals surface area contributed by atoms with Gasteiger partial charge in [-0.2, -0.15) is 4.31 Å². The number of anilines is 1. The molecule has 0 aliphatic carbocycles. The summed E-state index contributed by atoms with van der Waals surface area (Å²) in [5.74, 6) is 0.854. The van der Waals surface area contributed by atoms with Crippen LogP contribution in [0.5, 0.6) is 17.2 Å². The van der Waals surface area contributed by atoms with Crippen LogP contribution in [0.1, 0.15) is 26.7 Å². The zero-order chi connectivity index (χ0) is 22.1. The van der Waals surface area contributed by atoms with Crippen LogP contribution in [0.4, 0.5) is 5.69 Å². The number of hydrogen-bond acceptors (Lipinski definition) is 6. The van der Waals surface area contributed by atoms with E-state index in [2.05, 4.69) is 5.32 Å². The fraction of sp³-hybridized carbons (Fsp3) is 0.381. The molecule has 0 aliphatic rings. The number of phenols is 1. The Morgan fingerprint density at radius 1 is 1.07 bits per heavy atom. The molecule has 8 nitrogen and oxygen atoms in total. The molecular formula is C21H28N2O6S. The number of rotatable bonds is 11. The molecule has 2 aromatic carbocycles. The molecule has 0 saturated carbocycles. The Hall–Kier alpha value is -2.78. The SMILES string of the molecule is CCN(CC)S(=O)(=O)c1ccc(O)c(NC(=O)CCCOc2ccc(OC)cc2)c1. The van der Waals surface area contributed by atoms with E-state index in [9.17, 15) is 18.3 Å². The molecule has 0 heterocycles. The molecule has 0 aliphatic heterocycles. The van der Waals surface area contributed by atoms with Crippen molar-refractivity contribution in [1.29, 1.82) is 0 Å². The van der Waals surface area contributed by atoms with Crippen LogP contribution < -0.4 is 14.8 Å². The summed E-state index contributed by atoms with van der Waals surface area (Å²) >= 11 is 0. The number of phenolic OH excluding ortho intramolecular Hbond substituents is 1. The molecule has 0 atom stereocenters. The molecule has 2 N–H and O–H groups in total. The lowest BCUT2D eigenvalue weighted by Crippen LogP contribution is -2.30. The molecule has 0 saturated heterocycles. The van der Waals surface area contributed by atoms with Gasteiger partial charge in [-0.3, -0.25) is 4.79 Å². The van der Waals surface area contributed by atoms with Crippen LogP contribution >= 0.6 is 0 Å². The number of ether oxygens (including phenoxy) is 2. The maximum Gasteiger partial charge on any atom is 0.243 e. The normalized spacial score (nSPS) is 11.3. The van der Waals surface area contributed by atoms with Crippen molar-refractivity contribution in [2.24, 2.45) is 0 Å². The van der Waals surface area contributed by atoms with E-state index >= 15 is 0 Å². The van der Waals surface area contributed by atoms with Gasteiger partial charge in [0, 0.05) is 19.5 Å². The molecule has 164 valence electrons. The van der Waals surface area contributed by atoms with Gasteiger partial charge >= 0.3 is 0 Å². The first-order valence-electron chi connectivity index (χ1n) is 9.71. The van der Waals surface area contributed by atoms with Crippen molar-refractivity contribution in [3.8, 4) is 17.2 Å². The van der Waals surface area contributed by atoms with Gasteiger partial charge in [-0.25, -0.2) is 8.42 Å². The third-order valence-electron chi connectivity index (χ3n) is 4.46. The van der Waals surface area contributed by atoms with Crippen molar-refractivity contribution in [3.05, 3.63) is 42.5 Å². The molecule has 2 rings (SSSR count). The smallest absolute Gasteiger partial charge is 0.243 e. The van der Waals surface area contributed by atoms with Crippen molar-refractivity contribution in [2.45, 2.75) is 31.6 Å². The monoisotopic (exact) mass is 436 g/mol. The van der Waals surface area contributed by atoms with Gasteiger partial charge in [-0.05, 0) is 48.9 Å². The second-order valence-electron chi connectivity index (χ2n) is 6.44. The zero-order valence-electron chi connectivity index (χ0n) is 17.4.